The Morgan fingerprint density at radius 3 is 2.81 bits per heavy atom. The molecule has 1 amide bonds. The lowest BCUT2D eigenvalue weighted by atomic mass is 9.93. The first-order valence-corrected chi connectivity index (χ1v) is 4.71. The predicted octanol–water partition coefficient (Wildman–Crippen LogP) is -0.724. The molecule has 7 heteroatoms. The lowest BCUT2D eigenvalue weighted by Gasteiger charge is -2.21. The minimum Gasteiger partial charge on any atom is -0.391 e. The molecule has 0 aliphatic heterocycles. The number of carbonyl (C=O) groups is 1. The van der Waals surface area contributed by atoms with E-state index in [0.717, 1.165) is 0 Å². The van der Waals surface area contributed by atoms with Crippen LogP contribution in [0.3, 0.4) is 0 Å². The van der Waals surface area contributed by atoms with Gasteiger partial charge in [-0.15, -0.1) is 0 Å². The van der Waals surface area contributed by atoms with E-state index in [1.54, 1.807) is 13.8 Å². The summed E-state index contributed by atoms with van der Waals surface area (Å²) >= 11 is 0. The molecule has 0 aliphatic carbocycles. The Hall–Kier alpha value is -2.05. The van der Waals surface area contributed by atoms with Crippen LogP contribution in [0.5, 0.6) is 0 Å². The van der Waals surface area contributed by atoms with Crippen LogP contribution >= 0.6 is 0 Å². The molecule has 1 rings (SSSR count). The summed E-state index contributed by atoms with van der Waals surface area (Å²) in [6, 6.07) is 0. The van der Waals surface area contributed by atoms with Gasteiger partial charge in [-0.05, 0) is 13.8 Å². The summed E-state index contributed by atoms with van der Waals surface area (Å²) in [5.74, 6) is -0.193. The molecule has 0 radical (unpaired) electrons. The van der Waals surface area contributed by atoms with Gasteiger partial charge in [0.15, 0.2) is 5.82 Å². The van der Waals surface area contributed by atoms with Crippen molar-refractivity contribution in [2.75, 3.05) is 17.6 Å². The van der Waals surface area contributed by atoms with Gasteiger partial charge in [-0.3, -0.25) is 9.59 Å². The van der Waals surface area contributed by atoms with Crippen molar-refractivity contribution in [3.63, 3.8) is 0 Å². The second-order valence-corrected chi connectivity index (χ2v) is 4.10. The number of aromatic amines is 1. The van der Waals surface area contributed by atoms with E-state index in [2.05, 4.69) is 15.3 Å². The SMILES string of the molecule is CC(C)(CNc1nc[nH]c(=O)c1N)C(N)=O. The van der Waals surface area contributed by atoms with Crippen molar-refractivity contribution in [3.8, 4) is 0 Å². The Morgan fingerprint density at radius 1 is 1.62 bits per heavy atom. The number of rotatable bonds is 4. The Bertz CT molecular complexity index is 451. The van der Waals surface area contributed by atoms with Crippen molar-refractivity contribution in [1.82, 2.24) is 9.97 Å². The summed E-state index contributed by atoms with van der Waals surface area (Å²) in [4.78, 5) is 28.4. The minimum absolute atomic E-state index is 0.0113. The molecule has 0 saturated carbocycles. The molecule has 1 aromatic heterocycles. The summed E-state index contributed by atoms with van der Waals surface area (Å²) in [5.41, 5.74) is 9.53. The van der Waals surface area contributed by atoms with Gasteiger partial charge in [0.05, 0.1) is 11.7 Å². The number of nitrogens with one attached hydrogen (secondary N) is 2. The molecule has 1 aromatic rings. The molecule has 0 aliphatic rings. The number of amides is 1. The average molecular weight is 225 g/mol. The van der Waals surface area contributed by atoms with Crippen molar-refractivity contribution in [3.05, 3.63) is 16.7 Å². The first-order valence-electron chi connectivity index (χ1n) is 4.71. The highest BCUT2D eigenvalue weighted by Gasteiger charge is 2.25. The van der Waals surface area contributed by atoms with E-state index < -0.39 is 16.9 Å². The molecule has 0 unspecified atom stereocenters. The van der Waals surface area contributed by atoms with Crippen LogP contribution in [0.4, 0.5) is 11.5 Å². The standard InChI is InChI=1S/C9H15N5O2/c1-9(2,8(11)16)3-12-6-5(10)7(15)14-4-13-6/h4H,3,10H2,1-2H3,(H2,11,16)(H2,12,13,14,15). The summed E-state index contributed by atoms with van der Waals surface area (Å²) in [6.45, 7) is 3.63. The summed E-state index contributed by atoms with van der Waals surface area (Å²) in [6.07, 6.45) is 1.23. The molecule has 16 heavy (non-hydrogen) atoms. The highest BCUT2D eigenvalue weighted by Crippen LogP contribution is 2.16. The topological polar surface area (TPSA) is 127 Å². The predicted molar refractivity (Wildman–Crippen MR) is 60.7 cm³/mol. The van der Waals surface area contributed by atoms with Gasteiger partial charge in [0.2, 0.25) is 5.91 Å². The van der Waals surface area contributed by atoms with Crippen LogP contribution in [0.25, 0.3) is 0 Å². The van der Waals surface area contributed by atoms with Gasteiger partial charge < -0.3 is 21.8 Å². The van der Waals surface area contributed by atoms with Gasteiger partial charge in [0, 0.05) is 6.54 Å². The summed E-state index contributed by atoms with van der Waals surface area (Å²) in [5, 5.41) is 2.82. The van der Waals surface area contributed by atoms with E-state index in [9.17, 15) is 9.59 Å². The molecule has 7 nitrogen and oxygen atoms in total. The molecule has 0 aromatic carbocycles. The molecule has 6 N–H and O–H groups in total. The first kappa shape index (κ1) is 12.0. The first-order chi connectivity index (χ1) is 7.34. The quantitative estimate of drug-likeness (QED) is 0.537. The maximum Gasteiger partial charge on any atom is 0.276 e. The zero-order valence-electron chi connectivity index (χ0n) is 9.20. The molecular formula is C9H15N5O2. The molecular weight excluding hydrogens is 210 g/mol. The fourth-order valence-corrected chi connectivity index (χ4v) is 0.943. The van der Waals surface area contributed by atoms with Gasteiger partial charge in [0.1, 0.15) is 5.69 Å². The minimum atomic E-state index is -0.739. The number of primary amides is 1. The number of H-pyrrole nitrogens is 1. The van der Waals surface area contributed by atoms with E-state index in [1.165, 1.54) is 6.33 Å². The van der Waals surface area contributed by atoms with Crippen molar-refractivity contribution >= 4 is 17.4 Å². The molecule has 0 fully saturated rings. The van der Waals surface area contributed by atoms with Crippen LogP contribution in [0.2, 0.25) is 0 Å². The third-order valence-electron chi connectivity index (χ3n) is 2.25. The third kappa shape index (κ3) is 2.50. The van der Waals surface area contributed by atoms with Crippen molar-refractivity contribution in [2.24, 2.45) is 11.1 Å². The molecule has 88 valence electrons. The Labute approximate surface area is 92.2 Å². The Kier molecular flexibility index (Phi) is 3.17. The second kappa shape index (κ2) is 4.21. The lowest BCUT2D eigenvalue weighted by Crippen LogP contribution is -2.37. The Balaban J connectivity index is 2.80. The smallest absolute Gasteiger partial charge is 0.276 e. The lowest BCUT2D eigenvalue weighted by molar-refractivity contribution is -0.125. The van der Waals surface area contributed by atoms with Crippen LogP contribution < -0.4 is 22.3 Å². The fraction of sp³-hybridized carbons (Fsp3) is 0.444. The van der Waals surface area contributed by atoms with E-state index >= 15 is 0 Å². The molecule has 1 heterocycles. The van der Waals surface area contributed by atoms with Gasteiger partial charge in [-0.1, -0.05) is 0 Å². The molecule has 0 spiro atoms. The van der Waals surface area contributed by atoms with Gasteiger partial charge in [-0.25, -0.2) is 4.98 Å². The number of hydrogen-bond donors (Lipinski definition) is 4. The average Bonchev–Trinajstić information content (AvgIpc) is 2.20. The normalized spacial score (nSPS) is 11.1. The van der Waals surface area contributed by atoms with Gasteiger partial charge in [-0.2, -0.15) is 0 Å². The third-order valence-corrected chi connectivity index (χ3v) is 2.25. The van der Waals surface area contributed by atoms with Crippen molar-refractivity contribution < 1.29 is 4.79 Å². The second-order valence-electron chi connectivity index (χ2n) is 4.10. The number of carbonyl (C=O) groups excluding carboxylic acids is 1. The van der Waals surface area contributed by atoms with Crippen LogP contribution in [0.15, 0.2) is 11.1 Å². The van der Waals surface area contributed by atoms with Crippen molar-refractivity contribution in [2.45, 2.75) is 13.8 Å². The number of nitrogens with two attached hydrogens (primary N) is 2. The molecule has 0 bridgehead atoms. The number of aromatic nitrogens is 2. The van der Waals surface area contributed by atoms with E-state index in [-0.39, 0.29) is 18.1 Å². The highest BCUT2D eigenvalue weighted by molar-refractivity contribution is 5.80. The number of hydrogen-bond acceptors (Lipinski definition) is 5. The number of nitrogen functional groups attached to an aromatic ring is 1. The van der Waals surface area contributed by atoms with E-state index in [1.807, 2.05) is 0 Å². The van der Waals surface area contributed by atoms with Gasteiger partial charge >= 0.3 is 0 Å². The Morgan fingerprint density at radius 2 is 2.25 bits per heavy atom. The number of nitrogens with zero attached hydrogens (tertiary/aromatic N) is 1. The maximum atomic E-state index is 11.1. The van der Waals surface area contributed by atoms with Gasteiger partial charge in [0.25, 0.3) is 5.56 Å². The van der Waals surface area contributed by atoms with Crippen LogP contribution in [0.1, 0.15) is 13.8 Å². The van der Waals surface area contributed by atoms with E-state index in [4.69, 9.17) is 11.5 Å². The summed E-state index contributed by atoms with van der Waals surface area (Å²) < 4.78 is 0. The van der Waals surface area contributed by atoms with Crippen LogP contribution in [-0.4, -0.2) is 22.4 Å². The maximum absolute atomic E-state index is 11.1. The zero-order valence-corrected chi connectivity index (χ0v) is 9.20. The molecule has 0 saturated heterocycles. The van der Waals surface area contributed by atoms with Crippen LogP contribution in [0, 0.1) is 5.41 Å². The zero-order chi connectivity index (χ0) is 12.3. The van der Waals surface area contributed by atoms with E-state index in [0.29, 0.717) is 0 Å². The summed E-state index contributed by atoms with van der Waals surface area (Å²) in [7, 11) is 0. The van der Waals surface area contributed by atoms with Crippen LogP contribution in [-0.2, 0) is 4.79 Å². The highest BCUT2D eigenvalue weighted by atomic mass is 16.1. The van der Waals surface area contributed by atoms with Crippen molar-refractivity contribution in [1.29, 1.82) is 0 Å². The fourth-order valence-electron chi connectivity index (χ4n) is 0.943. The number of anilines is 2. The monoisotopic (exact) mass is 225 g/mol. The largest absolute Gasteiger partial charge is 0.391 e. The molecule has 0 atom stereocenters.